The molecular weight excluding hydrogens is 360 g/mol. The maximum atomic E-state index is 12.2. The van der Waals surface area contributed by atoms with Gasteiger partial charge < -0.3 is 15.3 Å². The van der Waals surface area contributed by atoms with Gasteiger partial charge in [-0.3, -0.25) is 0 Å². The second-order valence-corrected chi connectivity index (χ2v) is 7.31. The Balaban J connectivity index is 1.78. The molecule has 3 aromatic rings. The number of carbonyl (C=O) groups is 1. The van der Waals surface area contributed by atoms with Crippen molar-refractivity contribution in [1.82, 2.24) is 4.98 Å². The maximum absolute atomic E-state index is 12.2. The molecule has 0 amide bonds. The molecular formula is C21H16N2O3S. The Morgan fingerprint density at radius 1 is 1.07 bits per heavy atom. The summed E-state index contributed by atoms with van der Waals surface area (Å²) >= 11 is 1.11. The molecule has 0 radical (unpaired) electrons. The van der Waals surface area contributed by atoms with E-state index >= 15 is 0 Å². The predicted molar refractivity (Wildman–Crippen MR) is 105 cm³/mol. The largest absolute Gasteiger partial charge is 0.497 e. The highest BCUT2D eigenvalue weighted by Crippen LogP contribution is 2.51. The first-order valence-electron chi connectivity index (χ1n) is 8.29. The Labute approximate surface area is 160 Å². The first kappa shape index (κ1) is 17.3. The molecule has 4 rings (SSSR count). The zero-order valence-corrected chi connectivity index (χ0v) is 15.3. The van der Waals surface area contributed by atoms with Gasteiger partial charge in [-0.1, -0.05) is 42.1 Å². The number of pyridine rings is 1. The lowest BCUT2D eigenvalue weighted by atomic mass is 9.90. The first-order chi connectivity index (χ1) is 13.1. The maximum Gasteiger partial charge on any atom is 0.331 e. The third-order valence-electron chi connectivity index (χ3n) is 4.60. The number of aliphatic carboxylic acids is 1. The molecule has 0 spiro atoms. The van der Waals surface area contributed by atoms with Crippen molar-refractivity contribution in [3.63, 3.8) is 0 Å². The molecule has 2 aromatic carbocycles. The third-order valence-corrected chi connectivity index (χ3v) is 6.02. The van der Waals surface area contributed by atoms with Crippen LogP contribution in [0, 0.1) is 5.41 Å². The normalized spacial score (nSPS) is 18.2. The number of nitrogens with zero attached hydrogens (tertiary/aromatic N) is 1. The topological polar surface area (TPSA) is 83.3 Å². The summed E-state index contributed by atoms with van der Waals surface area (Å²) in [6, 6.07) is 20.0. The summed E-state index contributed by atoms with van der Waals surface area (Å²) in [6.45, 7) is 0. The quantitative estimate of drug-likeness (QED) is 0.713. The van der Waals surface area contributed by atoms with E-state index in [4.69, 9.17) is 10.1 Å². The van der Waals surface area contributed by atoms with Crippen LogP contribution in [0.3, 0.4) is 0 Å². The summed E-state index contributed by atoms with van der Waals surface area (Å²) in [5.41, 5.74) is 2.80. The summed E-state index contributed by atoms with van der Waals surface area (Å²) in [5, 5.41) is 19.1. The van der Waals surface area contributed by atoms with E-state index in [2.05, 4.69) is 4.98 Å². The van der Waals surface area contributed by atoms with E-state index in [1.54, 1.807) is 37.4 Å². The average molecular weight is 376 g/mol. The lowest BCUT2D eigenvalue weighted by Gasteiger charge is -2.23. The Bertz CT molecular complexity index is 1040. The fourth-order valence-corrected chi connectivity index (χ4v) is 4.43. The zero-order chi connectivity index (χ0) is 19.0. The van der Waals surface area contributed by atoms with Crippen LogP contribution in [-0.2, 0) is 9.54 Å². The molecule has 0 saturated heterocycles. The van der Waals surface area contributed by atoms with Crippen LogP contribution in [0.2, 0.25) is 0 Å². The number of carboxylic acids is 1. The van der Waals surface area contributed by atoms with Crippen molar-refractivity contribution in [2.75, 3.05) is 7.11 Å². The van der Waals surface area contributed by atoms with E-state index in [-0.39, 0.29) is 5.71 Å². The van der Waals surface area contributed by atoms with Crippen molar-refractivity contribution < 1.29 is 14.6 Å². The van der Waals surface area contributed by atoms with E-state index in [0.29, 0.717) is 16.2 Å². The summed E-state index contributed by atoms with van der Waals surface area (Å²) in [4.78, 5) is 16.9. The molecule has 1 unspecified atom stereocenters. The minimum absolute atomic E-state index is 0.0509. The number of rotatable bonds is 4. The van der Waals surface area contributed by atoms with E-state index in [0.717, 1.165) is 28.8 Å². The van der Waals surface area contributed by atoms with Gasteiger partial charge in [0.05, 0.1) is 18.5 Å². The second-order valence-electron chi connectivity index (χ2n) is 6.11. The molecule has 1 aromatic heterocycles. The lowest BCUT2D eigenvalue weighted by molar-refractivity contribution is -0.138. The lowest BCUT2D eigenvalue weighted by Crippen LogP contribution is -2.37. The molecule has 1 aliphatic heterocycles. The van der Waals surface area contributed by atoms with Crippen LogP contribution in [0.15, 0.2) is 71.8 Å². The second kappa shape index (κ2) is 6.55. The molecule has 5 nitrogen and oxygen atoms in total. The Hall–Kier alpha value is -3.12. The fraction of sp³-hybridized carbons (Fsp3) is 0.0952. The number of nitrogens with one attached hydrogen (secondary N) is 1. The van der Waals surface area contributed by atoms with Gasteiger partial charge in [-0.2, -0.15) is 0 Å². The first-order valence-corrected chi connectivity index (χ1v) is 9.10. The minimum atomic E-state index is -1.48. The van der Waals surface area contributed by atoms with Crippen LogP contribution in [0.4, 0.5) is 0 Å². The number of ether oxygens (including phenoxy) is 1. The fourth-order valence-electron chi connectivity index (χ4n) is 3.17. The van der Waals surface area contributed by atoms with Gasteiger partial charge >= 0.3 is 5.97 Å². The Morgan fingerprint density at radius 2 is 1.78 bits per heavy atom. The van der Waals surface area contributed by atoms with Gasteiger partial charge in [-0.15, -0.1) is 0 Å². The summed E-state index contributed by atoms with van der Waals surface area (Å²) < 4.78 is 3.70. The summed E-state index contributed by atoms with van der Waals surface area (Å²) in [7, 11) is 1.61. The average Bonchev–Trinajstić information content (AvgIpc) is 3.02. The number of aromatic nitrogens is 1. The van der Waals surface area contributed by atoms with Crippen LogP contribution in [0.1, 0.15) is 11.1 Å². The van der Waals surface area contributed by atoms with Crippen LogP contribution >= 0.6 is 11.8 Å². The molecule has 27 heavy (non-hydrogen) atoms. The molecule has 0 saturated carbocycles. The van der Waals surface area contributed by atoms with Crippen LogP contribution in [0.25, 0.3) is 11.3 Å². The highest BCUT2D eigenvalue weighted by atomic mass is 32.2. The Morgan fingerprint density at radius 3 is 2.41 bits per heavy atom. The summed E-state index contributed by atoms with van der Waals surface area (Å²) in [6.07, 6.45) is 0. The third kappa shape index (κ3) is 2.69. The SMILES string of the molecule is COc1ccc(-c2ccc3c(n2)SC(C(=O)O)(c2ccccc2)C3=N)cc1. The molecule has 1 atom stereocenters. The zero-order valence-electron chi connectivity index (χ0n) is 14.5. The minimum Gasteiger partial charge on any atom is -0.497 e. The highest BCUT2D eigenvalue weighted by Gasteiger charge is 2.52. The molecule has 0 fully saturated rings. The number of hydrogen-bond acceptors (Lipinski definition) is 5. The number of hydrogen-bond donors (Lipinski definition) is 2. The summed E-state index contributed by atoms with van der Waals surface area (Å²) in [5.74, 6) is -0.308. The number of carboxylic acid groups (broad SMARTS) is 1. The van der Waals surface area contributed by atoms with Gasteiger partial charge in [0, 0.05) is 11.1 Å². The van der Waals surface area contributed by atoms with Gasteiger partial charge in [0.15, 0.2) is 4.75 Å². The van der Waals surface area contributed by atoms with Gasteiger partial charge in [-0.25, -0.2) is 9.78 Å². The molecule has 0 aliphatic carbocycles. The number of thioether (sulfide) groups is 1. The van der Waals surface area contributed by atoms with Crippen molar-refractivity contribution in [1.29, 1.82) is 5.41 Å². The van der Waals surface area contributed by atoms with Gasteiger partial charge in [0.25, 0.3) is 0 Å². The molecule has 0 bridgehead atoms. The van der Waals surface area contributed by atoms with Gasteiger partial charge in [0.2, 0.25) is 0 Å². The monoisotopic (exact) mass is 376 g/mol. The number of benzene rings is 2. The van der Waals surface area contributed by atoms with Crippen LogP contribution in [0.5, 0.6) is 5.75 Å². The molecule has 1 aliphatic rings. The van der Waals surface area contributed by atoms with Crippen molar-refractivity contribution >= 4 is 23.4 Å². The molecule has 2 N–H and O–H groups in total. The molecule has 134 valence electrons. The predicted octanol–water partition coefficient (Wildman–Crippen LogP) is 4.21. The van der Waals surface area contributed by atoms with Crippen LogP contribution < -0.4 is 4.74 Å². The van der Waals surface area contributed by atoms with Crippen molar-refractivity contribution in [2.45, 2.75) is 9.77 Å². The van der Waals surface area contributed by atoms with Crippen molar-refractivity contribution in [2.24, 2.45) is 0 Å². The van der Waals surface area contributed by atoms with E-state index in [1.165, 1.54) is 0 Å². The number of methoxy groups -OCH3 is 1. The smallest absolute Gasteiger partial charge is 0.331 e. The standard InChI is InChI=1S/C21H16N2O3S/c1-26-15-9-7-13(8-10-15)17-12-11-16-18(22)21(20(24)25,27-19(16)23-17)14-5-3-2-4-6-14/h2-12,22H,1H3,(H,24,25). The van der Waals surface area contributed by atoms with E-state index in [9.17, 15) is 9.90 Å². The van der Waals surface area contributed by atoms with Crippen molar-refractivity contribution in [3.8, 4) is 17.0 Å². The van der Waals surface area contributed by atoms with Crippen LogP contribution in [-0.4, -0.2) is 28.9 Å². The van der Waals surface area contributed by atoms with E-state index in [1.807, 2.05) is 36.4 Å². The molecule has 2 heterocycles. The number of fused-ring (bicyclic) bond motifs is 1. The van der Waals surface area contributed by atoms with Gasteiger partial charge in [-0.05, 0) is 42.0 Å². The van der Waals surface area contributed by atoms with Gasteiger partial charge in [0.1, 0.15) is 10.8 Å². The van der Waals surface area contributed by atoms with E-state index < -0.39 is 10.7 Å². The van der Waals surface area contributed by atoms with Crippen molar-refractivity contribution in [3.05, 3.63) is 77.9 Å². The molecule has 6 heteroatoms. The Kier molecular flexibility index (Phi) is 4.20. The highest BCUT2D eigenvalue weighted by molar-refractivity contribution is 8.02.